The summed E-state index contributed by atoms with van der Waals surface area (Å²) in [4.78, 5) is 25.7. The Labute approximate surface area is 166 Å². The number of benzene rings is 1. The average molecular weight is 386 g/mol. The summed E-state index contributed by atoms with van der Waals surface area (Å²) in [6.07, 6.45) is 5.12. The van der Waals surface area contributed by atoms with Crippen LogP contribution in [0.4, 0.5) is 5.82 Å². The Morgan fingerprint density at radius 3 is 2.76 bits per heavy atom. The molecular formula is C21H18N6O2. The van der Waals surface area contributed by atoms with Gasteiger partial charge in [-0.3, -0.25) is 14.8 Å². The first-order chi connectivity index (χ1) is 14.3. The molecule has 8 heteroatoms. The Morgan fingerprint density at radius 1 is 1.00 bits per heavy atom. The summed E-state index contributed by atoms with van der Waals surface area (Å²) in [5.74, 6) is 0.640. The number of pyridine rings is 1. The molecular weight excluding hydrogens is 368 g/mol. The number of aromatic nitrogens is 5. The zero-order valence-electron chi connectivity index (χ0n) is 15.5. The second kappa shape index (κ2) is 7.40. The predicted molar refractivity (Wildman–Crippen MR) is 109 cm³/mol. The largest absolute Gasteiger partial charge is 0.377 e. The summed E-state index contributed by atoms with van der Waals surface area (Å²) in [7, 11) is 0. The molecule has 1 aliphatic rings. The Hall–Kier alpha value is -3.65. The molecule has 0 radical (unpaired) electrons. The lowest BCUT2D eigenvalue weighted by molar-refractivity contribution is 0.183. The minimum atomic E-state index is -0.257. The summed E-state index contributed by atoms with van der Waals surface area (Å²) in [5.41, 5.74) is 3.00. The highest BCUT2D eigenvalue weighted by Gasteiger charge is 2.32. The summed E-state index contributed by atoms with van der Waals surface area (Å²) in [6.45, 7) is 0.840. The molecule has 5 rings (SSSR count). The van der Waals surface area contributed by atoms with Crippen LogP contribution in [0, 0.1) is 0 Å². The number of hydrogen-bond donors (Lipinski definition) is 1. The van der Waals surface area contributed by atoms with Gasteiger partial charge in [-0.05, 0) is 30.3 Å². The smallest absolute Gasteiger partial charge is 0.267 e. The van der Waals surface area contributed by atoms with Crippen molar-refractivity contribution in [2.45, 2.75) is 12.1 Å². The fourth-order valence-corrected chi connectivity index (χ4v) is 3.47. The number of para-hydroxylation sites is 2. The number of nitrogens with one attached hydrogen (secondary N) is 1. The van der Waals surface area contributed by atoms with E-state index < -0.39 is 0 Å². The van der Waals surface area contributed by atoms with Crippen LogP contribution in [0.15, 0.2) is 71.9 Å². The zero-order chi connectivity index (χ0) is 19.6. The van der Waals surface area contributed by atoms with Crippen LogP contribution in [-0.2, 0) is 4.74 Å². The molecule has 0 spiro atoms. The molecule has 2 unspecified atom stereocenters. The highest BCUT2D eigenvalue weighted by Crippen LogP contribution is 2.23. The zero-order valence-corrected chi connectivity index (χ0v) is 15.5. The summed E-state index contributed by atoms with van der Waals surface area (Å²) < 4.78 is 7.15. The van der Waals surface area contributed by atoms with Gasteiger partial charge in [-0.15, -0.1) is 0 Å². The fourth-order valence-electron chi connectivity index (χ4n) is 3.47. The number of hydrogen-bond acceptors (Lipinski definition) is 7. The van der Waals surface area contributed by atoms with E-state index in [0.717, 1.165) is 16.6 Å². The van der Waals surface area contributed by atoms with E-state index >= 15 is 0 Å². The van der Waals surface area contributed by atoms with E-state index in [-0.39, 0.29) is 17.6 Å². The molecule has 1 aromatic carbocycles. The van der Waals surface area contributed by atoms with Crippen LogP contribution in [0.2, 0.25) is 0 Å². The second-order valence-electron chi connectivity index (χ2n) is 6.84. The normalized spacial score (nSPS) is 18.8. The SMILES string of the molecule is O=c1ccc(-c2cccnc2)nn1C1COCC1Nc1cnc2ccccc2n1. The van der Waals surface area contributed by atoms with Gasteiger partial charge in [0, 0.05) is 24.0 Å². The molecule has 1 saturated heterocycles. The maximum atomic E-state index is 12.5. The highest BCUT2D eigenvalue weighted by molar-refractivity contribution is 5.75. The standard InChI is InChI=1S/C21H18N6O2/c28-21-8-7-15(14-4-3-9-22-10-14)26-27(21)19-13-29-12-18(19)25-20-11-23-16-5-1-2-6-17(16)24-20/h1-11,18-19H,12-13H2,(H,24,25). The maximum absolute atomic E-state index is 12.5. The molecule has 144 valence electrons. The molecule has 29 heavy (non-hydrogen) atoms. The van der Waals surface area contributed by atoms with Crippen molar-refractivity contribution >= 4 is 16.9 Å². The summed E-state index contributed by atoms with van der Waals surface area (Å²) in [5, 5.41) is 7.93. The summed E-state index contributed by atoms with van der Waals surface area (Å²) in [6, 6.07) is 14.3. The van der Waals surface area contributed by atoms with Gasteiger partial charge < -0.3 is 10.1 Å². The van der Waals surface area contributed by atoms with Gasteiger partial charge in [0.25, 0.3) is 5.56 Å². The monoisotopic (exact) mass is 386 g/mol. The van der Waals surface area contributed by atoms with Crippen LogP contribution < -0.4 is 10.9 Å². The maximum Gasteiger partial charge on any atom is 0.267 e. The van der Waals surface area contributed by atoms with Gasteiger partial charge in [0.1, 0.15) is 11.9 Å². The third-order valence-corrected chi connectivity index (χ3v) is 4.93. The van der Waals surface area contributed by atoms with Crippen LogP contribution in [0.25, 0.3) is 22.3 Å². The fraction of sp³-hybridized carbons (Fsp3) is 0.190. The van der Waals surface area contributed by atoms with E-state index in [1.54, 1.807) is 24.7 Å². The highest BCUT2D eigenvalue weighted by atomic mass is 16.5. The second-order valence-corrected chi connectivity index (χ2v) is 6.84. The predicted octanol–water partition coefficient (Wildman–Crippen LogP) is 2.30. The number of ether oxygens (including phenoxy) is 1. The van der Waals surface area contributed by atoms with E-state index in [1.807, 2.05) is 36.4 Å². The minimum absolute atomic E-state index is 0.153. The lowest BCUT2D eigenvalue weighted by Gasteiger charge is -2.21. The van der Waals surface area contributed by atoms with Crippen molar-refractivity contribution in [1.82, 2.24) is 24.7 Å². The molecule has 4 heterocycles. The first kappa shape index (κ1) is 17.4. The van der Waals surface area contributed by atoms with E-state index in [4.69, 9.17) is 4.74 Å². The first-order valence-electron chi connectivity index (χ1n) is 9.34. The van der Waals surface area contributed by atoms with Gasteiger partial charge in [0.2, 0.25) is 0 Å². The molecule has 0 amide bonds. The first-order valence-corrected chi connectivity index (χ1v) is 9.34. The minimum Gasteiger partial charge on any atom is -0.377 e. The van der Waals surface area contributed by atoms with Gasteiger partial charge >= 0.3 is 0 Å². The van der Waals surface area contributed by atoms with Crippen molar-refractivity contribution < 1.29 is 4.74 Å². The molecule has 0 saturated carbocycles. The van der Waals surface area contributed by atoms with Crippen LogP contribution in [0.5, 0.6) is 0 Å². The summed E-state index contributed by atoms with van der Waals surface area (Å²) >= 11 is 0. The van der Waals surface area contributed by atoms with E-state index in [9.17, 15) is 4.79 Å². The average Bonchev–Trinajstić information content (AvgIpc) is 3.22. The molecule has 3 aromatic heterocycles. The number of fused-ring (bicyclic) bond motifs is 1. The van der Waals surface area contributed by atoms with Crippen LogP contribution in [0.1, 0.15) is 6.04 Å². The molecule has 4 aromatic rings. The molecule has 1 fully saturated rings. The molecule has 1 N–H and O–H groups in total. The lowest BCUT2D eigenvalue weighted by Crippen LogP contribution is -2.37. The van der Waals surface area contributed by atoms with Crippen molar-refractivity contribution in [2.75, 3.05) is 18.5 Å². The van der Waals surface area contributed by atoms with Gasteiger partial charge in [-0.1, -0.05) is 12.1 Å². The van der Waals surface area contributed by atoms with Crippen LogP contribution in [-0.4, -0.2) is 44.0 Å². The Kier molecular flexibility index (Phi) is 4.45. The van der Waals surface area contributed by atoms with Crippen LogP contribution in [0.3, 0.4) is 0 Å². The molecule has 1 aliphatic heterocycles. The lowest BCUT2D eigenvalue weighted by atomic mass is 10.1. The molecule has 0 aliphatic carbocycles. The van der Waals surface area contributed by atoms with Gasteiger partial charge in [0.15, 0.2) is 0 Å². The van der Waals surface area contributed by atoms with Gasteiger partial charge in [0.05, 0.1) is 42.2 Å². The third-order valence-electron chi connectivity index (χ3n) is 4.93. The van der Waals surface area contributed by atoms with E-state index in [1.165, 1.54) is 10.7 Å². The van der Waals surface area contributed by atoms with Crippen molar-refractivity contribution in [3.05, 3.63) is 77.5 Å². The Balaban J connectivity index is 1.45. The van der Waals surface area contributed by atoms with Crippen molar-refractivity contribution in [3.8, 4) is 11.3 Å². The van der Waals surface area contributed by atoms with Gasteiger partial charge in [-0.25, -0.2) is 9.67 Å². The quantitative estimate of drug-likeness (QED) is 0.575. The Bertz CT molecular complexity index is 1210. The van der Waals surface area contributed by atoms with Gasteiger partial charge in [-0.2, -0.15) is 5.10 Å². The molecule has 8 nitrogen and oxygen atoms in total. The molecule has 2 atom stereocenters. The Morgan fingerprint density at radius 2 is 1.90 bits per heavy atom. The third kappa shape index (κ3) is 3.45. The van der Waals surface area contributed by atoms with Crippen molar-refractivity contribution in [1.29, 1.82) is 0 Å². The van der Waals surface area contributed by atoms with E-state index in [2.05, 4.69) is 25.4 Å². The topological polar surface area (TPSA) is 94.8 Å². The van der Waals surface area contributed by atoms with Crippen molar-refractivity contribution in [3.63, 3.8) is 0 Å². The van der Waals surface area contributed by atoms with Crippen molar-refractivity contribution in [2.24, 2.45) is 0 Å². The van der Waals surface area contributed by atoms with Crippen LogP contribution >= 0.6 is 0 Å². The number of rotatable bonds is 4. The number of anilines is 1. The van der Waals surface area contributed by atoms with E-state index in [0.29, 0.717) is 24.7 Å². The number of nitrogens with zero attached hydrogens (tertiary/aromatic N) is 5. The molecule has 0 bridgehead atoms.